The number of benzene rings is 1. The molecule has 0 radical (unpaired) electrons. The maximum absolute atomic E-state index is 14.3. The molecule has 4 nitrogen and oxygen atoms in total. The van der Waals surface area contributed by atoms with Gasteiger partial charge in [0, 0.05) is 11.6 Å². The van der Waals surface area contributed by atoms with Crippen molar-refractivity contribution in [3.05, 3.63) is 62.3 Å². The van der Waals surface area contributed by atoms with Crippen LogP contribution in [0.4, 0.5) is 17.6 Å². The van der Waals surface area contributed by atoms with Crippen molar-refractivity contribution in [3.8, 4) is 11.4 Å². The second kappa shape index (κ2) is 7.28. The van der Waals surface area contributed by atoms with Gasteiger partial charge in [0.15, 0.2) is 5.82 Å². The molecular formula is C16H12Cl2F4N2O2. The van der Waals surface area contributed by atoms with Crippen molar-refractivity contribution < 1.29 is 22.3 Å². The van der Waals surface area contributed by atoms with Gasteiger partial charge >= 0.3 is 6.18 Å². The first-order valence-corrected chi connectivity index (χ1v) is 7.85. The lowest BCUT2D eigenvalue weighted by Crippen LogP contribution is -2.28. The second-order valence-corrected chi connectivity index (χ2v) is 6.23. The molecule has 2 aromatic rings. The fourth-order valence-corrected chi connectivity index (χ4v) is 2.26. The van der Waals surface area contributed by atoms with Crippen LogP contribution in [0.2, 0.25) is 5.02 Å². The van der Waals surface area contributed by atoms with Crippen LogP contribution >= 0.6 is 23.2 Å². The van der Waals surface area contributed by atoms with Crippen molar-refractivity contribution in [1.82, 2.24) is 9.78 Å². The number of halogens is 6. The molecule has 0 aliphatic heterocycles. The highest BCUT2D eigenvalue weighted by Gasteiger charge is 2.34. The standard InChI is InChI=1S/C16H12Cl2F4N2O2/c1-7-10(16(20,21)22)6-23-24(15(7)25)13-5-14(11(18)4-12(13)19)26-9(3)8(2)17/h4-6,9H,2H2,1,3H3. The Morgan fingerprint density at radius 2 is 2.00 bits per heavy atom. The van der Waals surface area contributed by atoms with E-state index in [1.54, 1.807) is 6.92 Å². The minimum atomic E-state index is -4.75. The number of ether oxygens (including phenoxy) is 1. The van der Waals surface area contributed by atoms with Crippen LogP contribution in [0.1, 0.15) is 18.1 Å². The van der Waals surface area contributed by atoms with Crippen molar-refractivity contribution in [1.29, 1.82) is 0 Å². The van der Waals surface area contributed by atoms with E-state index in [2.05, 4.69) is 11.7 Å². The van der Waals surface area contributed by atoms with Crippen LogP contribution in [0, 0.1) is 12.7 Å². The van der Waals surface area contributed by atoms with Crippen molar-refractivity contribution >= 4 is 23.2 Å². The summed E-state index contributed by atoms with van der Waals surface area (Å²) in [6.07, 6.45) is -4.99. The summed E-state index contributed by atoms with van der Waals surface area (Å²) < 4.78 is 58.7. The number of rotatable bonds is 4. The van der Waals surface area contributed by atoms with Gasteiger partial charge in [0.05, 0.1) is 21.8 Å². The molecule has 140 valence electrons. The summed E-state index contributed by atoms with van der Waals surface area (Å²) in [5.74, 6) is -1.00. The molecule has 1 aromatic carbocycles. The van der Waals surface area contributed by atoms with Crippen LogP contribution in [-0.4, -0.2) is 15.9 Å². The Balaban J connectivity index is 2.61. The highest BCUT2D eigenvalue weighted by atomic mass is 35.5. The minimum Gasteiger partial charge on any atom is -0.483 e. The normalized spacial score (nSPS) is 12.8. The highest BCUT2D eigenvalue weighted by molar-refractivity contribution is 6.32. The van der Waals surface area contributed by atoms with E-state index >= 15 is 0 Å². The van der Waals surface area contributed by atoms with Gasteiger partial charge in [-0.2, -0.15) is 23.0 Å². The number of nitrogens with zero attached hydrogens (tertiary/aromatic N) is 2. The second-order valence-electron chi connectivity index (χ2n) is 5.34. The van der Waals surface area contributed by atoms with Crippen LogP contribution in [-0.2, 0) is 6.18 Å². The zero-order chi connectivity index (χ0) is 19.8. The molecule has 0 saturated heterocycles. The van der Waals surface area contributed by atoms with Crippen molar-refractivity contribution in [2.24, 2.45) is 0 Å². The summed E-state index contributed by atoms with van der Waals surface area (Å²) in [4.78, 5) is 12.2. The molecular weight excluding hydrogens is 399 g/mol. The van der Waals surface area contributed by atoms with Gasteiger partial charge in [-0.15, -0.1) is 0 Å². The maximum atomic E-state index is 14.3. The Bertz CT molecular complexity index is 926. The van der Waals surface area contributed by atoms with Gasteiger partial charge in [-0.1, -0.05) is 29.8 Å². The summed E-state index contributed by atoms with van der Waals surface area (Å²) in [5, 5.41) is 3.45. The van der Waals surface area contributed by atoms with E-state index in [0.29, 0.717) is 10.9 Å². The Morgan fingerprint density at radius 3 is 2.54 bits per heavy atom. The Kier molecular flexibility index (Phi) is 5.67. The molecule has 0 bridgehead atoms. The first kappa shape index (κ1) is 20.3. The average molecular weight is 411 g/mol. The molecule has 0 fully saturated rings. The van der Waals surface area contributed by atoms with E-state index in [4.69, 9.17) is 27.9 Å². The Hall–Kier alpha value is -2.06. The third-order valence-corrected chi connectivity index (χ3v) is 4.10. The van der Waals surface area contributed by atoms with Crippen LogP contribution in [0.3, 0.4) is 0 Å². The molecule has 0 saturated carbocycles. The highest BCUT2D eigenvalue weighted by Crippen LogP contribution is 2.32. The third kappa shape index (κ3) is 4.02. The van der Waals surface area contributed by atoms with Gasteiger partial charge in [-0.05, 0) is 19.9 Å². The molecule has 1 heterocycles. The van der Waals surface area contributed by atoms with E-state index in [1.165, 1.54) is 0 Å². The van der Waals surface area contributed by atoms with E-state index < -0.39 is 40.5 Å². The van der Waals surface area contributed by atoms with E-state index in [1.807, 2.05) is 0 Å². The molecule has 0 aliphatic rings. The molecule has 0 aliphatic carbocycles. The first-order chi connectivity index (χ1) is 11.9. The van der Waals surface area contributed by atoms with E-state index in [0.717, 1.165) is 19.1 Å². The maximum Gasteiger partial charge on any atom is 0.418 e. The Labute approximate surface area is 155 Å². The van der Waals surface area contributed by atoms with Crippen LogP contribution in [0.15, 0.2) is 34.7 Å². The average Bonchev–Trinajstić information content (AvgIpc) is 2.51. The van der Waals surface area contributed by atoms with Gasteiger partial charge in [-0.25, -0.2) is 4.39 Å². The molecule has 2 rings (SSSR count). The van der Waals surface area contributed by atoms with Crippen LogP contribution in [0.25, 0.3) is 5.69 Å². The van der Waals surface area contributed by atoms with Gasteiger partial charge in [-0.3, -0.25) is 4.79 Å². The van der Waals surface area contributed by atoms with Gasteiger partial charge in [0.2, 0.25) is 0 Å². The molecule has 1 aromatic heterocycles. The topological polar surface area (TPSA) is 44.1 Å². The number of alkyl halides is 3. The summed E-state index contributed by atoms with van der Waals surface area (Å²) >= 11 is 11.6. The molecule has 1 unspecified atom stereocenters. The minimum absolute atomic E-state index is 0.0383. The van der Waals surface area contributed by atoms with E-state index in [9.17, 15) is 22.4 Å². The van der Waals surface area contributed by atoms with Crippen LogP contribution < -0.4 is 10.3 Å². The lowest BCUT2D eigenvalue weighted by atomic mass is 10.2. The fraction of sp³-hybridized carbons (Fsp3) is 0.250. The summed E-state index contributed by atoms with van der Waals surface area (Å²) in [6, 6.07) is 1.91. The molecule has 26 heavy (non-hydrogen) atoms. The number of hydrogen-bond donors (Lipinski definition) is 0. The molecule has 0 spiro atoms. The van der Waals surface area contributed by atoms with Crippen molar-refractivity contribution in [2.45, 2.75) is 26.1 Å². The largest absolute Gasteiger partial charge is 0.483 e. The summed E-state index contributed by atoms with van der Waals surface area (Å²) in [5.41, 5.74) is -3.36. The quantitative estimate of drug-likeness (QED) is 0.675. The molecule has 1 atom stereocenters. The lowest BCUT2D eigenvalue weighted by Gasteiger charge is -2.17. The summed E-state index contributed by atoms with van der Waals surface area (Å²) in [7, 11) is 0. The van der Waals surface area contributed by atoms with Crippen LogP contribution in [0.5, 0.6) is 5.75 Å². The van der Waals surface area contributed by atoms with Gasteiger partial charge in [0.1, 0.15) is 17.5 Å². The first-order valence-electron chi connectivity index (χ1n) is 7.10. The third-order valence-electron chi connectivity index (χ3n) is 3.50. The Morgan fingerprint density at radius 1 is 1.38 bits per heavy atom. The number of hydrogen-bond acceptors (Lipinski definition) is 3. The fourth-order valence-electron chi connectivity index (χ4n) is 2.02. The molecule has 10 heteroatoms. The van der Waals surface area contributed by atoms with Gasteiger partial charge in [0.25, 0.3) is 5.56 Å². The van der Waals surface area contributed by atoms with Crippen molar-refractivity contribution in [3.63, 3.8) is 0 Å². The summed E-state index contributed by atoms with van der Waals surface area (Å²) in [6.45, 7) is 6.02. The smallest absolute Gasteiger partial charge is 0.418 e. The zero-order valence-corrected chi connectivity index (χ0v) is 15.0. The zero-order valence-electron chi connectivity index (χ0n) is 13.5. The van der Waals surface area contributed by atoms with E-state index in [-0.39, 0.29) is 15.8 Å². The predicted molar refractivity (Wildman–Crippen MR) is 89.6 cm³/mol. The number of aromatic nitrogens is 2. The molecule has 0 N–H and O–H groups in total. The SMILES string of the molecule is C=C(Cl)C(C)Oc1cc(-n2ncc(C(F)(F)F)c(C)c2=O)c(F)cc1Cl. The van der Waals surface area contributed by atoms with Crippen molar-refractivity contribution in [2.75, 3.05) is 0 Å². The monoisotopic (exact) mass is 410 g/mol. The molecule has 0 amide bonds. The predicted octanol–water partition coefficient (Wildman–Crippen LogP) is 4.87. The van der Waals surface area contributed by atoms with Gasteiger partial charge < -0.3 is 4.74 Å². The lowest BCUT2D eigenvalue weighted by molar-refractivity contribution is -0.138.